The van der Waals surface area contributed by atoms with Gasteiger partial charge >= 0.3 is 0 Å². The zero-order chi connectivity index (χ0) is 20.9. The molecular formula is C19H19FN2O5S2. The molecule has 10 heteroatoms. The summed E-state index contributed by atoms with van der Waals surface area (Å²) in [7, 11) is -4.12. The van der Waals surface area contributed by atoms with Gasteiger partial charge in [0, 0.05) is 22.6 Å². The van der Waals surface area contributed by atoms with Crippen molar-refractivity contribution < 1.29 is 22.1 Å². The summed E-state index contributed by atoms with van der Waals surface area (Å²) in [4.78, 5) is 18.6. The van der Waals surface area contributed by atoms with E-state index in [-0.39, 0.29) is 29.8 Å². The van der Waals surface area contributed by atoms with Gasteiger partial charge in [0.15, 0.2) is 4.96 Å². The van der Waals surface area contributed by atoms with E-state index < -0.39 is 15.4 Å². The van der Waals surface area contributed by atoms with Gasteiger partial charge in [-0.05, 0) is 50.5 Å². The maximum atomic E-state index is 13.0. The van der Waals surface area contributed by atoms with Gasteiger partial charge in [-0.1, -0.05) is 0 Å². The van der Waals surface area contributed by atoms with E-state index in [1.54, 1.807) is 0 Å². The highest BCUT2D eigenvalue weighted by Crippen LogP contribution is 2.52. The second-order valence-corrected chi connectivity index (χ2v) is 10.2. The van der Waals surface area contributed by atoms with Crippen LogP contribution in [0.1, 0.15) is 35.5 Å². The predicted molar refractivity (Wildman–Crippen MR) is 107 cm³/mol. The zero-order valence-electron chi connectivity index (χ0n) is 15.7. The summed E-state index contributed by atoms with van der Waals surface area (Å²) < 4.78 is 52.2. The smallest absolute Gasteiger partial charge is 0.267 e. The highest BCUT2D eigenvalue weighted by molar-refractivity contribution is 7.86. The monoisotopic (exact) mass is 438 g/mol. The van der Waals surface area contributed by atoms with Gasteiger partial charge < -0.3 is 4.74 Å². The van der Waals surface area contributed by atoms with Crippen LogP contribution in [0.25, 0.3) is 4.96 Å². The molecule has 1 fully saturated rings. The lowest BCUT2D eigenvalue weighted by Crippen LogP contribution is -2.21. The highest BCUT2D eigenvalue weighted by atomic mass is 32.2. The van der Waals surface area contributed by atoms with Crippen molar-refractivity contribution in [1.29, 1.82) is 0 Å². The summed E-state index contributed by atoms with van der Waals surface area (Å²) in [5.41, 5.74) is 0.942. The van der Waals surface area contributed by atoms with Gasteiger partial charge in [-0.15, -0.1) is 11.3 Å². The molecule has 0 radical (unpaired) electrons. The summed E-state index contributed by atoms with van der Waals surface area (Å²) in [6, 6.07) is 6.95. The topological polar surface area (TPSA) is 98.0 Å². The molecule has 0 amide bonds. The molecular weight excluding hydrogens is 419 g/mol. The van der Waals surface area contributed by atoms with Crippen LogP contribution in [0.15, 0.2) is 35.1 Å². The second-order valence-electron chi connectivity index (χ2n) is 7.22. The van der Waals surface area contributed by atoms with Crippen LogP contribution in [0.4, 0.5) is 4.39 Å². The van der Waals surface area contributed by atoms with Gasteiger partial charge in [-0.3, -0.25) is 13.7 Å². The fourth-order valence-electron chi connectivity index (χ4n) is 3.60. The molecule has 1 aliphatic carbocycles. The maximum Gasteiger partial charge on any atom is 0.267 e. The van der Waals surface area contributed by atoms with Crippen LogP contribution < -0.4 is 10.3 Å². The van der Waals surface area contributed by atoms with Crippen molar-refractivity contribution in [1.82, 2.24) is 9.38 Å². The van der Waals surface area contributed by atoms with Crippen molar-refractivity contribution in [3.8, 4) is 5.75 Å². The van der Waals surface area contributed by atoms with E-state index in [0.717, 1.165) is 10.6 Å². The molecule has 0 saturated heterocycles. The van der Waals surface area contributed by atoms with E-state index >= 15 is 0 Å². The quantitative estimate of drug-likeness (QED) is 0.594. The minimum absolute atomic E-state index is 0.0650. The summed E-state index contributed by atoms with van der Waals surface area (Å²) in [6.45, 7) is 3.42. The van der Waals surface area contributed by atoms with Gasteiger partial charge in [0.05, 0.1) is 10.9 Å². The largest absolute Gasteiger partial charge is 0.487 e. The zero-order valence-corrected chi connectivity index (χ0v) is 17.3. The summed E-state index contributed by atoms with van der Waals surface area (Å²) in [5, 5.41) is -0.881. The molecule has 3 aromatic rings. The number of aromatic nitrogens is 2. The highest BCUT2D eigenvalue weighted by Gasteiger charge is 2.48. The van der Waals surface area contributed by atoms with Crippen LogP contribution in [0.5, 0.6) is 5.75 Å². The Morgan fingerprint density at radius 2 is 2.07 bits per heavy atom. The lowest BCUT2D eigenvalue weighted by Gasteiger charge is -2.08. The first-order valence-electron chi connectivity index (χ1n) is 9.02. The average Bonchev–Trinajstić information content (AvgIpc) is 3.35. The van der Waals surface area contributed by atoms with Crippen molar-refractivity contribution in [3.05, 3.63) is 62.8 Å². The van der Waals surface area contributed by atoms with Crippen LogP contribution in [0, 0.1) is 18.7 Å². The SMILES string of the molecule is Cc1sc2nc(COc3ccc(F)cc3)cc(=O)n2c1C1CC1C(C)S(=O)(=O)O. The van der Waals surface area contributed by atoms with Crippen LogP contribution in [0.3, 0.4) is 0 Å². The van der Waals surface area contributed by atoms with E-state index in [0.29, 0.717) is 22.8 Å². The number of halogens is 1. The van der Waals surface area contributed by atoms with Crippen LogP contribution in [-0.4, -0.2) is 27.6 Å². The fourth-order valence-corrected chi connectivity index (χ4v) is 5.41. The Morgan fingerprint density at radius 3 is 2.72 bits per heavy atom. The van der Waals surface area contributed by atoms with E-state index in [9.17, 15) is 22.2 Å². The normalized spacial score (nSPS) is 20.0. The summed E-state index contributed by atoms with van der Waals surface area (Å²) in [6.07, 6.45) is 0.593. The van der Waals surface area contributed by atoms with Crippen molar-refractivity contribution in [3.63, 3.8) is 0 Å². The van der Waals surface area contributed by atoms with Gasteiger partial charge in [-0.2, -0.15) is 8.42 Å². The molecule has 3 unspecified atom stereocenters. The van der Waals surface area contributed by atoms with E-state index in [4.69, 9.17) is 4.74 Å². The molecule has 0 bridgehead atoms. The van der Waals surface area contributed by atoms with Gasteiger partial charge in [0.25, 0.3) is 15.7 Å². The number of aryl methyl sites for hydroxylation is 1. The van der Waals surface area contributed by atoms with Crippen molar-refractivity contribution in [2.45, 2.75) is 38.0 Å². The average molecular weight is 439 g/mol. The Balaban J connectivity index is 1.60. The van der Waals surface area contributed by atoms with E-state index in [2.05, 4.69) is 4.98 Å². The van der Waals surface area contributed by atoms with Gasteiger partial charge in [0.2, 0.25) is 0 Å². The first kappa shape index (κ1) is 20.0. The molecule has 7 nitrogen and oxygen atoms in total. The lowest BCUT2D eigenvalue weighted by molar-refractivity contribution is 0.301. The minimum atomic E-state index is -4.12. The minimum Gasteiger partial charge on any atom is -0.487 e. The van der Waals surface area contributed by atoms with Crippen molar-refractivity contribution in [2.24, 2.45) is 5.92 Å². The number of ether oxygens (including phenoxy) is 1. The summed E-state index contributed by atoms with van der Waals surface area (Å²) in [5.74, 6) is -0.230. The molecule has 3 atom stereocenters. The number of hydrogen-bond acceptors (Lipinski definition) is 6. The van der Waals surface area contributed by atoms with Crippen LogP contribution >= 0.6 is 11.3 Å². The van der Waals surface area contributed by atoms with Gasteiger partial charge in [0.1, 0.15) is 18.2 Å². The maximum absolute atomic E-state index is 13.0. The number of hydrogen-bond donors (Lipinski definition) is 1. The molecule has 0 aliphatic heterocycles. The van der Waals surface area contributed by atoms with E-state index in [1.165, 1.54) is 53.0 Å². The number of nitrogens with zero attached hydrogens (tertiary/aromatic N) is 2. The van der Waals surface area contributed by atoms with Crippen LogP contribution in [0.2, 0.25) is 0 Å². The van der Waals surface area contributed by atoms with E-state index in [1.807, 2.05) is 6.92 Å². The number of benzene rings is 1. The van der Waals surface area contributed by atoms with Gasteiger partial charge in [-0.25, -0.2) is 9.37 Å². The Kier molecular flexibility index (Phi) is 4.96. The molecule has 1 aromatic carbocycles. The second kappa shape index (κ2) is 7.19. The third-order valence-corrected chi connectivity index (χ3v) is 7.51. The van der Waals surface area contributed by atoms with Crippen molar-refractivity contribution in [2.75, 3.05) is 0 Å². The Morgan fingerprint density at radius 1 is 1.38 bits per heavy atom. The molecule has 2 aromatic heterocycles. The Bertz CT molecular complexity index is 1230. The molecule has 4 rings (SSSR count). The molecule has 29 heavy (non-hydrogen) atoms. The summed E-state index contributed by atoms with van der Waals surface area (Å²) >= 11 is 1.36. The lowest BCUT2D eigenvalue weighted by atomic mass is 10.2. The molecule has 1 saturated carbocycles. The third kappa shape index (κ3) is 3.92. The number of thiazole rings is 1. The Hall–Kier alpha value is -2.30. The third-order valence-electron chi connectivity index (χ3n) is 5.25. The molecule has 154 valence electrons. The number of fused-ring (bicyclic) bond motifs is 1. The first-order valence-corrected chi connectivity index (χ1v) is 11.3. The van der Waals surface area contributed by atoms with Crippen molar-refractivity contribution >= 4 is 26.4 Å². The molecule has 2 heterocycles. The number of rotatable bonds is 6. The molecule has 1 N–H and O–H groups in total. The fraction of sp³-hybridized carbons (Fsp3) is 0.368. The molecule has 1 aliphatic rings. The standard InChI is InChI=1S/C19H19FN2O5S2/c1-10-18(16-8-15(16)11(2)29(24,25)26)22-17(23)7-13(21-19(22)28-10)9-27-14-5-3-12(20)4-6-14/h3-7,11,15-16H,8-9H2,1-2H3,(H,24,25,26). The first-order chi connectivity index (χ1) is 13.6. The van der Waals surface area contributed by atoms with Crippen LogP contribution in [-0.2, 0) is 16.7 Å². The predicted octanol–water partition coefficient (Wildman–Crippen LogP) is 3.16. The molecule has 0 spiro atoms. The Labute approximate surface area is 170 Å².